The van der Waals surface area contributed by atoms with Gasteiger partial charge in [0.2, 0.25) is 5.91 Å². The normalized spacial score (nSPS) is 16.4. The molecule has 0 saturated heterocycles. The minimum absolute atomic E-state index is 0.0342. The molecule has 0 radical (unpaired) electrons. The molecule has 1 aliphatic carbocycles. The lowest BCUT2D eigenvalue weighted by atomic mass is 9.89. The first-order valence-corrected chi connectivity index (χ1v) is 9.90. The zero-order valence-electron chi connectivity index (χ0n) is 14.8. The summed E-state index contributed by atoms with van der Waals surface area (Å²) in [6, 6.07) is 7.54. The maximum Gasteiger partial charge on any atom is 0.232 e. The Kier molecular flexibility index (Phi) is 8.29. The fourth-order valence-corrected chi connectivity index (χ4v) is 3.68. The van der Waals surface area contributed by atoms with Crippen molar-refractivity contribution in [3.8, 4) is 11.5 Å². The summed E-state index contributed by atoms with van der Waals surface area (Å²) in [6.45, 7) is 3.40. The molecule has 134 valence electrons. The van der Waals surface area contributed by atoms with Crippen LogP contribution in [0.3, 0.4) is 0 Å². The smallest absolute Gasteiger partial charge is 0.232 e. The lowest BCUT2D eigenvalue weighted by Gasteiger charge is -2.22. The largest absolute Gasteiger partial charge is 0.497 e. The zero-order chi connectivity index (χ0) is 17.2. The van der Waals surface area contributed by atoms with E-state index in [9.17, 15) is 4.79 Å². The van der Waals surface area contributed by atoms with E-state index in [4.69, 9.17) is 9.47 Å². The zero-order valence-corrected chi connectivity index (χ0v) is 15.6. The van der Waals surface area contributed by atoms with Crippen molar-refractivity contribution < 1.29 is 14.3 Å². The van der Waals surface area contributed by atoms with Crippen LogP contribution >= 0.6 is 11.8 Å². The third-order valence-corrected chi connectivity index (χ3v) is 5.55. The van der Waals surface area contributed by atoms with Crippen LogP contribution < -0.4 is 14.8 Å². The molecule has 1 aromatic carbocycles. The van der Waals surface area contributed by atoms with Crippen molar-refractivity contribution in [1.82, 2.24) is 5.32 Å². The molecule has 5 heteroatoms. The molecule has 1 aliphatic rings. The standard InChI is InChI=1S/C19H29NO3S/c1-15(19(21)20-14-16-6-4-3-5-7-16)24-13-12-23-18-10-8-17(22-2)9-11-18/h8-11,15-16H,3-7,12-14H2,1-2H3,(H,20,21). The summed E-state index contributed by atoms with van der Waals surface area (Å²) < 4.78 is 10.8. The first-order chi connectivity index (χ1) is 11.7. The first kappa shape index (κ1) is 19.0. The highest BCUT2D eigenvalue weighted by Gasteiger charge is 2.17. The Morgan fingerprint density at radius 3 is 2.54 bits per heavy atom. The lowest BCUT2D eigenvalue weighted by molar-refractivity contribution is -0.120. The third-order valence-electron chi connectivity index (χ3n) is 4.44. The van der Waals surface area contributed by atoms with Crippen molar-refractivity contribution in [2.75, 3.05) is 26.0 Å². The predicted molar refractivity (Wildman–Crippen MR) is 100.0 cm³/mol. The molecule has 0 spiro atoms. The van der Waals surface area contributed by atoms with E-state index in [1.54, 1.807) is 18.9 Å². The maximum absolute atomic E-state index is 12.1. The van der Waals surface area contributed by atoms with Crippen LogP contribution in [0.2, 0.25) is 0 Å². The van der Waals surface area contributed by atoms with E-state index in [0.717, 1.165) is 23.8 Å². The van der Waals surface area contributed by atoms with Crippen molar-refractivity contribution in [2.45, 2.75) is 44.3 Å². The molecule has 24 heavy (non-hydrogen) atoms. The van der Waals surface area contributed by atoms with Gasteiger partial charge >= 0.3 is 0 Å². The molecule has 2 rings (SSSR count). The number of hydrogen-bond donors (Lipinski definition) is 1. The van der Waals surface area contributed by atoms with E-state index < -0.39 is 0 Å². The Hall–Kier alpha value is -1.36. The van der Waals surface area contributed by atoms with E-state index in [2.05, 4.69) is 5.32 Å². The second-order valence-electron chi connectivity index (χ2n) is 6.29. The van der Waals surface area contributed by atoms with E-state index in [1.807, 2.05) is 31.2 Å². The van der Waals surface area contributed by atoms with Gasteiger partial charge in [-0.25, -0.2) is 0 Å². The van der Waals surface area contributed by atoms with Crippen LogP contribution in [0.4, 0.5) is 0 Å². The van der Waals surface area contributed by atoms with E-state index >= 15 is 0 Å². The van der Waals surface area contributed by atoms with Crippen LogP contribution in [0.1, 0.15) is 39.0 Å². The van der Waals surface area contributed by atoms with Gasteiger partial charge in [-0.2, -0.15) is 0 Å². The van der Waals surface area contributed by atoms with Gasteiger partial charge in [0.25, 0.3) is 0 Å². The molecule has 1 atom stereocenters. The van der Waals surface area contributed by atoms with Gasteiger partial charge in [0.1, 0.15) is 11.5 Å². The van der Waals surface area contributed by atoms with Crippen molar-refractivity contribution in [3.05, 3.63) is 24.3 Å². The molecule has 1 unspecified atom stereocenters. The van der Waals surface area contributed by atoms with E-state index in [-0.39, 0.29) is 11.2 Å². The number of ether oxygens (including phenoxy) is 2. The minimum Gasteiger partial charge on any atom is -0.497 e. The average molecular weight is 352 g/mol. The first-order valence-electron chi connectivity index (χ1n) is 8.85. The highest BCUT2D eigenvalue weighted by molar-refractivity contribution is 8.00. The van der Waals surface area contributed by atoms with E-state index in [0.29, 0.717) is 12.5 Å². The van der Waals surface area contributed by atoms with Crippen LogP contribution in [-0.4, -0.2) is 37.2 Å². The molecule has 1 aromatic rings. The summed E-state index contributed by atoms with van der Waals surface area (Å²) in [5.74, 6) is 3.27. The molecular formula is C19H29NO3S. The Labute approximate surface area is 149 Å². The summed E-state index contributed by atoms with van der Waals surface area (Å²) in [4.78, 5) is 12.1. The molecule has 1 saturated carbocycles. The Morgan fingerprint density at radius 2 is 1.88 bits per heavy atom. The van der Waals surface area contributed by atoms with Crippen LogP contribution in [0.5, 0.6) is 11.5 Å². The fraction of sp³-hybridized carbons (Fsp3) is 0.632. The van der Waals surface area contributed by atoms with Crippen LogP contribution in [-0.2, 0) is 4.79 Å². The number of benzene rings is 1. The summed E-state index contributed by atoms with van der Waals surface area (Å²) in [6.07, 6.45) is 6.50. The van der Waals surface area contributed by atoms with Gasteiger partial charge in [-0.1, -0.05) is 19.3 Å². The van der Waals surface area contributed by atoms with Crippen molar-refractivity contribution in [2.24, 2.45) is 5.92 Å². The number of carbonyl (C=O) groups is 1. The molecular weight excluding hydrogens is 322 g/mol. The van der Waals surface area contributed by atoms with Gasteiger partial charge in [-0.15, -0.1) is 11.8 Å². The molecule has 0 aromatic heterocycles. The molecule has 0 heterocycles. The van der Waals surface area contributed by atoms with Crippen molar-refractivity contribution in [1.29, 1.82) is 0 Å². The summed E-state index contributed by atoms with van der Waals surface area (Å²) >= 11 is 1.64. The Bertz CT molecular complexity index is 486. The number of amides is 1. The number of carbonyl (C=O) groups excluding carboxylic acids is 1. The fourth-order valence-electron chi connectivity index (χ4n) is 2.91. The second-order valence-corrected chi connectivity index (χ2v) is 7.73. The van der Waals surface area contributed by atoms with Gasteiger partial charge in [0.05, 0.1) is 19.0 Å². The van der Waals surface area contributed by atoms with Crippen LogP contribution in [0, 0.1) is 5.92 Å². The highest BCUT2D eigenvalue weighted by Crippen LogP contribution is 2.23. The predicted octanol–water partition coefficient (Wildman–Crippen LogP) is 3.89. The summed E-state index contributed by atoms with van der Waals surface area (Å²) in [7, 11) is 1.65. The molecule has 4 nitrogen and oxygen atoms in total. The average Bonchev–Trinajstić information content (AvgIpc) is 2.64. The second kappa shape index (κ2) is 10.5. The number of hydrogen-bond acceptors (Lipinski definition) is 4. The van der Waals surface area contributed by atoms with Crippen LogP contribution in [0.15, 0.2) is 24.3 Å². The van der Waals surface area contributed by atoms with Crippen LogP contribution in [0.25, 0.3) is 0 Å². The number of thioether (sulfide) groups is 1. The van der Waals surface area contributed by atoms with Gasteiger partial charge < -0.3 is 14.8 Å². The molecule has 1 N–H and O–H groups in total. The highest BCUT2D eigenvalue weighted by atomic mass is 32.2. The Balaban J connectivity index is 1.57. The van der Waals surface area contributed by atoms with Crippen molar-refractivity contribution >= 4 is 17.7 Å². The summed E-state index contributed by atoms with van der Waals surface area (Å²) in [5, 5.41) is 3.07. The van der Waals surface area contributed by atoms with Gasteiger partial charge in [0, 0.05) is 12.3 Å². The van der Waals surface area contributed by atoms with Gasteiger partial charge in [0.15, 0.2) is 0 Å². The SMILES string of the molecule is COc1ccc(OCCSC(C)C(=O)NCC2CCCCC2)cc1. The molecule has 1 fully saturated rings. The minimum atomic E-state index is -0.0342. The van der Waals surface area contributed by atoms with Gasteiger partial charge in [-0.3, -0.25) is 4.79 Å². The quantitative estimate of drug-likeness (QED) is 0.686. The number of nitrogens with one attached hydrogen (secondary N) is 1. The summed E-state index contributed by atoms with van der Waals surface area (Å²) in [5.41, 5.74) is 0. The lowest BCUT2D eigenvalue weighted by Crippen LogP contribution is -2.35. The topological polar surface area (TPSA) is 47.6 Å². The maximum atomic E-state index is 12.1. The molecule has 0 bridgehead atoms. The molecule has 1 amide bonds. The van der Waals surface area contributed by atoms with Gasteiger partial charge in [-0.05, 0) is 49.9 Å². The Morgan fingerprint density at radius 1 is 1.21 bits per heavy atom. The molecule has 0 aliphatic heterocycles. The number of rotatable bonds is 9. The van der Waals surface area contributed by atoms with Crippen molar-refractivity contribution in [3.63, 3.8) is 0 Å². The van der Waals surface area contributed by atoms with E-state index in [1.165, 1.54) is 32.1 Å². The number of methoxy groups -OCH3 is 1. The third kappa shape index (κ3) is 6.63. The monoisotopic (exact) mass is 351 g/mol.